The molecule has 0 radical (unpaired) electrons. The molecule has 0 fully saturated rings. The summed E-state index contributed by atoms with van der Waals surface area (Å²) in [5, 5.41) is 0. The second kappa shape index (κ2) is 11.4. The molecule has 0 saturated carbocycles. The van der Waals surface area contributed by atoms with Crippen LogP contribution in [0.2, 0.25) is 0 Å². The van der Waals surface area contributed by atoms with Gasteiger partial charge < -0.3 is 4.74 Å². The summed E-state index contributed by atoms with van der Waals surface area (Å²) in [5.41, 5.74) is 3.19. The van der Waals surface area contributed by atoms with Crippen molar-refractivity contribution in [2.45, 2.75) is 90.9 Å². The Hall–Kier alpha value is -1.24. The van der Waals surface area contributed by atoms with E-state index in [1.807, 2.05) is 0 Å². The third kappa shape index (κ3) is 6.88. The first-order valence-corrected chi connectivity index (χ1v) is 10.6. The summed E-state index contributed by atoms with van der Waals surface area (Å²) < 4.78 is 5.89. The highest BCUT2D eigenvalue weighted by Crippen LogP contribution is 2.36. The van der Waals surface area contributed by atoms with E-state index in [-0.39, 0.29) is 0 Å². The number of allylic oxidation sites excluding steroid dienone is 2. The molecule has 0 saturated heterocycles. The Balaban J connectivity index is 2.01. The van der Waals surface area contributed by atoms with Crippen molar-refractivity contribution in [3.63, 3.8) is 0 Å². The van der Waals surface area contributed by atoms with Crippen molar-refractivity contribution in [1.82, 2.24) is 0 Å². The van der Waals surface area contributed by atoms with Crippen molar-refractivity contribution in [2.24, 2.45) is 5.92 Å². The van der Waals surface area contributed by atoms with Gasteiger partial charge in [-0.05, 0) is 68.1 Å². The van der Waals surface area contributed by atoms with Crippen molar-refractivity contribution < 1.29 is 4.74 Å². The van der Waals surface area contributed by atoms with E-state index in [9.17, 15) is 0 Å². The van der Waals surface area contributed by atoms with Crippen LogP contribution in [0.5, 0.6) is 5.75 Å². The fourth-order valence-electron chi connectivity index (χ4n) is 4.03. The number of benzene rings is 1. The van der Waals surface area contributed by atoms with Crippen molar-refractivity contribution in [3.8, 4) is 5.75 Å². The second-order valence-corrected chi connectivity index (χ2v) is 7.81. The van der Waals surface area contributed by atoms with Crippen LogP contribution in [0.1, 0.15) is 96.5 Å². The summed E-state index contributed by atoms with van der Waals surface area (Å²) in [4.78, 5) is 0. The van der Waals surface area contributed by atoms with Gasteiger partial charge in [0.2, 0.25) is 0 Å². The van der Waals surface area contributed by atoms with Gasteiger partial charge in [0.25, 0.3) is 0 Å². The van der Waals surface area contributed by atoms with Crippen LogP contribution < -0.4 is 4.74 Å². The number of hydrogen-bond donors (Lipinski definition) is 0. The lowest BCUT2D eigenvalue weighted by Crippen LogP contribution is -2.12. The van der Waals surface area contributed by atoms with E-state index < -0.39 is 0 Å². The lowest BCUT2D eigenvalue weighted by Gasteiger charge is -2.27. The maximum absolute atomic E-state index is 5.89. The molecule has 0 heterocycles. The van der Waals surface area contributed by atoms with Gasteiger partial charge in [0.15, 0.2) is 0 Å². The quantitative estimate of drug-likeness (QED) is 0.296. The molecule has 1 aromatic rings. The molecular formula is C24H38O. The van der Waals surface area contributed by atoms with Crippen LogP contribution in [0.15, 0.2) is 35.9 Å². The number of rotatable bonds is 11. The molecule has 140 valence electrons. The fourth-order valence-corrected chi connectivity index (χ4v) is 4.03. The van der Waals surface area contributed by atoms with E-state index in [1.54, 1.807) is 5.57 Å². The van der Waals surface area contributed by atoms with Crippen LogP contribution in [0, 0.1) is 5.92 Å². The molecule has 2 unspecified atom stereocenters. The van der Waals surface area contributed by atoms with Crippen molar-refractivity contribution in [2.75, 3.05) is 6.61 Å². The van der Waals surface area contributed by atoms with E-state index >= 15 is 0 Å². The summed E-state index contributed by atoms with van der Waals surface area (Å²) in [6, 6.07) is 9.00. The zero-order valence-electron chi connectivity index (χ0n) is 16.7. The monoisotopic (exact) mass is 342 g/mol. The first kappa shape index (κ1) is 20.1. The topological polar surface area (TPSA) is 9.23 Å². The Morgan fingerprint density at radius 2 is 1.80 bits per heavy atom. The molecule has 1 aliphatic rings. The summed E-state index contributed by atoms with van der Waals surface area (Å²) in [6.07, 6.45) is 15.4. The predicted molar refractivity (Wildman–Crippen MR) is 109 cm³/mol. The second-order valence-electron chi connectivity index (χ2n) is 7.81. The molecule has 2 atom stereocenters. The van der Waals surface area contributed by atoms with Crippen LogP contribution in [0.3, 0.4) is 0 Å². The van der Waals surface area contributed by atoms with Gasteiger partial charge in [-0.2, -0.15) is 0 Å². The SMILES string of the molecule is CCCCCOc1ccc(C(CC2=CCCCC2)C(C)CCC)cc1. The molecule has 1 aliphatic carbocycles. The summed E-state index contributed by atoms with van der Waals surface area (Å²) >= 11 is 0. The minimum atomic E-state index is 0.651. The fraction of sp³-hybridized carbons (Fsp3) is 0.667. The summed E-state index contributed by atoms with van der Waals surface area (Å²) in [6.45, 7) is 7.82. The highest BCUT2D eigenvalue weighted by molar-refractivity contribution is 5.31. The molecular weight excluding hydrogens is 304 g/mol. The van der Waals surface area contributed by atoms with Crippen molar-refractivity contribution >= 4 is 0 Å². The minimum absolute atomic E-state index is 0.651. The zero-order chi connectivity index (χ0) is 17.9. The maximum Gasteiger partial charge on any atom is 0.119 e. The van der Waals surface area contributed by atoms with E-state index in [0.29, 0.717) is 5.92 Å². The molecule has 0 bridgehead atoms. The van der Waals surface area contributed by atoms with Gasteiger partial charge in [0.05, 0.1) is 6.61 Å². The summed E-state index contributed by atoms with van der Waals surface area (Å²) in [5.74, 6) is 2.42. The van der Waals surface area contributed by atoms with Crippen LogP contribution in [-0.2, 0) is 0 Å². The third-order valence-corrected chi connectivity index (χ3v) is 5.62. The molecule has 0 N–H and O–H groups in total. The number of unbranched alkanes of at least 4 members (excludes halogenated alkanes) is 2. The molecule has 1 aromatic carbocycles. The third-order valence-electron chi connectivity index (χ3n) is 5.62. The van der Waals surface area contributed by atoms with Crippen LogP contribution >= 0.6 is 0 Å². The van der Waals surface area contributed by atoms with E-state index in [4.69, 9.17) is 4.74 Å². The predicted octanol–water partition coefficient (Wildman–Crippen LogP) is 7.67. The zero-order valence-corrected chi connectivity index (χ0v) is 16.7. The van der Waals surface area contributed by atoms with E-state index in [2.05, 4.69) is 51.1 Å². The van der Waals surface area contributed by atoms with Crippen molar-refractivity contribution in [3.05, 3.63) is 41.5 Å². The highest BCUT2D eigenvalue weighted by atomic mass is 16.5. The normalized spacial score (nSPS) is 17.0. The highest BCUT2D eigenvalue weighted by Gasteiger charge is 2.21. The van der Waals surface area contributed by atoms with Gasteiger partial charge in [-0.1, -0.05) is 70.2 Å². The smallest absolute Gasteiger partial charge is 0.119 e. The Morgan fingerprint density at radius 3 is 2.44 bits per heavy atom. The number of ether oxygens (including phenoxy) is 1. The molecule has 1 heteroatoms. The van der Waals surface area contributed by atoms with Crippen LogP contribution in [0.4, 0.5) is 0 Å². The molecule has 0 aromatic heterocycles. The van der Waals surface area contributed by atoms with Gasteiger partial charge in [-0.3, -0.25) is 0 Å². The molecule has 0 amide bonds. The van der Waals surface area contributed by atoms with E-state index in [1.165, 1.54) is 63.4 Å². The average molecular weight is 343 g/mol. The largest absolute Gasteiger partial charge is 0.494 e. The lowest BCUT2D eigenvalue weighted by atomic mass is 9.78. The minimum Gasteiger partial charge on any atom is -0.494 e. The Labute approximate surface area is 155 Å². The van der Waals surface area contributed by atoms with Crippen LogP contribution in [-0.4, -0.2) is 6.61 Å². The Bertz CT molecular complexity index is 499. The molecule has 2 rings (SSSR count). The Kier molecular flexibility index (Phi) is 9.15. The average Bonchev–Trinajstić information content (AvgIpc) is 2.65. The molecule has 0 aliphatic heterocycles. The maximum atomic E-state index is 5.89. The van der Waals surface area contributed by atoms with Crippen LogP contribution in [0.25, 0.3) is 0 Å². The molecule has 0 spiro atoms. The lowest BCUT2D eigenvalue weighted by molar-refractivity contribution is 0.306. The van der Waals surface area contributed by atoms with Gasteiger partial charge in [0.1, 0.15) is 5.75 Å². The Morgan fingerprint density at radius 1 is 1.00 bits per heavy atom. The standard InChI is InChI=1S/C24H38O/c1-4-6-10-18-25-23-16-14-22(15-17-23)24(20(3)11-5-2)19-21-12-8-7-9-13-21/h12,14-17,20,24H,4-11,13,18-19H2,1-3H3. The van der Waals surface area contributed by atoms with Gasteiger partial charge in [-0.15, -0.1) is 0 Å². The van der Waals surface area contributed by atoms with Gasteiger partial charge in [-0.25, -0.2) is 0 Å². The first-order chi connectivity index (χ1) is 12.2. The number of hydrogen-bond acceptors (Lipinski definition) is 1. The van der Waals surface area contributed by atoms with Gasteiger partial charge >= 0.3 is 0 Å². The molecule has 25 heavy (non-hydrogen) atoms. The summed E-state index contributed by atoms with van der Waals surface area (Å²) in [7, 11) is 0. The molecule has 1 nitrogen and oxygen atoms in total. The van der Waals surface area contributed by atoms with Gasteiger partial charge in [0, 0.05) is 0 Å². The van der Waals surface area contributed by atoms with E-state index in [0.717, 1.165) is 24.7 Å². The first-order valence-electron chi connectivity index (χ1n) is 10.6. The van der Waals surface area contributed by atoms with Crippen molar-refractivity contribution in [1.29, 1.82) is 0 Å².